The molecule has 1 heterocycles. The predicted molar refractivity (Wildman–Crippen MR) is 73.9 cm³/mol. The highest BCUT2D eigenvalue weighted by atomic mass is 19.4. The Hall–Kier alpha value is -1.53. The van der Waals surface area contributed by atoms with E-state index in [0.717, 1.165) is 18.5 Å². The molecule has 4 nitrogen and oxygen atoms in total. The molecule has 0 unspecified atom stereocenters. The first-order valence-corrected chi connectivity index (χ1v) is 6.80. The van der Waals surface area contributed by atoms with Gasteiger partial charge in [0, 0.05) is 31.3 Å². The van der Waals surface area contributed by atoms with Crippen LogP contribution in [0, 0.1) is 6.92 Å². The summed E-state index contributed by atoms with van der Waals surface area (Å²) in [6, 6.07) is 0. The second kappa shape index (κ2) is 7.91. The molecule has 0 bridgehead atoms. The zero-order valence-corrected chi connectivity index (χ0v) is 11.8. The molecule has 0 spiro atoms. The first-order valence-electron chi connectivity index (χ1n) is 6.80. The van der Waals surface area contributed by atoms with Crippen LogP contribution >= 0.6 is 0 Å². The summed E-state index contributed by atoms with van der Waals surface area (Å²) in [4.78, 5) is 8.44. The Morgan fingerprint density at radius 1 is 1.15 bits per heavy atom. The lowest BCUT2D eigenvalue weighted by atomic mass is 10.2. The summed E-state index contributed by atoms with van der Waals surface area (Å²) >= 11 is 0. The molecule has 0 aliphatic heterocycles. The first-order chi connectivity index (χ1) is 9.42. The van der Waals surface area contributed by atoms with Crippen molar-refractivity contribution in [3.63, 3.8) is 0 Å². The van der Waals surface area contributed by atoms with Crippen molar-refractivity contribution < 1.29 is 13.2 Å². The van der Waals surface area contributed by atoms with Crippen LogP contribution < -0.4 is 10.6 Å². The molecule has 0 atom stereocenters. The third-order valence-corrected chi connectivity index (χ3v) is 2.68. The maximum absolute atomic E-state index is 12.0. The lowest BCUT2D eigenvalue weighted by molar-refractivity contribution is -0.135. The summed E-state index contributed by atoms with van der Waals surface area (Å²) in [6.45, 7) is 5.16. The molecule has 0 aliphatic rings. The maximum atomic E-state index is 12.0. The lowest BCUT2D eigenvalue weighted by Gasteiger charge is -2.11. The van der Waals surface area contributed by atoms with Crippen LogP contribution in [0.1, 0.15) is 38.2 Å². The van der Waals surface area contributed by atoms with Gasteiger partial charge in [-0.25, -0.2) is 4.98 Å². The largest absolute Gasteiger partial charge is 0.389 e. The van der Waals surface area contributed by atoms with Gasteiger partial charge in [0.05, 0.1) is 0 Å². The Balaban J connectivity index is 2.38. The SMILES string of the molecule is CCCNc1ncc(C)c(NCCCCC(F)(F)F)n1. The highest BCUT2D eigenvalue weighted by Crippen LogP contribution is 2.22. The number of halogens is 3. The fraction of sp³-hybridized carbons (Fsp3) is 0.692. The van der Waals surface area contributed by atoms with Gasteiger partial charge < -0.3 is 10.6 Å². The van der Waals surface area contributed by atoms with Gasteiger partial charge in [0.1, 0.15) is 5.82 Å². The molecule has 1 rings (SSSR count). The Morgan fingerprint density at radius 3 is 2.55 bits per heavy atom. The summed E-state index contributed by atoms with van der Waals surface area (Å²) in [6.07, 6.45) is -1.55. The monoisotopic (exact) mass is 290 g/mol. The predicted octanol–water partition coefficient (Wildman–Crippen LogP) is 3.75. The highest BCUT2D eigenvalue weighted by Gasteiger charge is 2.25. The van der Waals surface area contributed by atoms with E-state index in [9.17, 15) is 13.2 Å². The fourth-order valence-electron chi connectivity index (χ4n) is 1.60. The smallest absolute Gasteiger partial charge is 0.370 e. The number of unbranched alkanes of at least 4 members (excludes halogenated alkanes) is 1. The van der Waals surface area contributed by atoms with Crippen molar-refractivity contribution in [3.05, 3.63) is 11.8 Å². The van der Waals surface area contributed by atoms with Crippen LogP contribution in [0.4, 0.5) is 24.9 Å². The van der Waals surface area contributed by atoms with Gasteiger partial charge in [0.2, 0.25) is 5.95 Å². The zero-order valence-electron chi connectivity index (χ0n) is 11.8. The van der Waals surface area contributed by atoms with Gasteiger partial charge in [-0.15, -0.1) is 0 Å². The molecular weight excluding hydrogens is 269 g/mol. The minimum Gasteiger partial charge on any atom is -0.370 e. The number of alkyl halides is 3. The van der Waals surface area contributed by atoms with E-state index < -0.39 is 12.6 Å². The number of anilines is 2. The minimum atomic E-state index is -4.07. The molecule has 1 aromatic rings. The van der Waals surface area contributed by atoms with Crippen LogP contribution in [0.25, 0.3) is 0 Å². The van der Waals surface area contributed by atoms with Crippen molar-refractivity contribution in [1.29, 1.82) is 0 Å². The first kappa shape index (κ1) is 16.5. The van der Waals surface area contributed by atoms with Crippen molar-refractivity contribution in [3.8, 4) is 0 Å². The van der Waals surface area contributed by atoms with Crippen molar-refractivity contribution in [2.24, 2.45) is 0 Å². The van der Waals surface area contributed by atoms with E-state index in [0.29, 0.717) is 24.7 Å². The molecule has 0 saturated carbocycles. The van der Waals surface area contributed by atoms with E-state index in [1.807, 2.05) is 13.8 Å². The van der Waals surface area contributed by atoms with Gasteiger partial charge in [-0.3, -0.25) is 0 Å². The normalized spacial score (nSPS) is 11.4. The molecule has 0 radical (unpaired) electrons. The third kappa shape index (κ3) is 6.58. The quantitative estimate of drug-likeness (QED) is 0.716. The van der Waals surface area contributed by atoms with Gasteiger partial charge >= 0.3 is 6.18 Å². The molecule has 0 aliphatic carbocycles. The van der Waals surface area contributed by atoms with Crippen molar-refractivity contribution in [1.82, 2.24) is 9.97 Å². The van der Waals surface area contributed by atoms with Gasteiger partial charge in [-0.1, -0.05) is 6.92 Å². The Labute approximate surface area is 117 Å². The molecule has 2 N–H and O–H groups in total. The fourth-order valence-corrected chi connectivity index (χ4v) is 1.60. The van der Waals surface area contributed by atoms with Crippen LogP contribution in [0.5, 0.6) is 0 Å². The third-order valence-electron chi connectivity index (χ3n) is 2.68. The molecule has 20 heavy (non-hydrogen) atoms. The van der Waals surface area contributed by atoms with Gasteiger partial charge in [-0.2, -0.15) is 18.2 Å². The van der Waals surface area contributed by atoms with Crippen LogP contribution in [0.15, 0.2) is 6.20 Å². The van der Waals surface area contributed by atoms with Gasteiger partial charge in [-0.05, 0) is 26.2 Å². The second-order valence-electron chi connectivity index (χ2n) is 4.65. The van der Waals surface area contributed by atoms with Crippen LogP contribution in [0.2, 0.25) is 0 Å². The van der Waals surface area contributed by atoms with Crippen LogP contribution in [0.3, 0.4) is 0 Å². The van der Waals surface area contributed by atoms with Gasteiger partial charge in [0.15, 0.2) is 0 Å². The molecule has 0 amide bonds. The number of aromatic nitrogens is 2. The van der Waals surface area contributed by atoms with Crippen molar-refractivity contribution in [2.75, 3.05) is 23.7 Å². The van der Waals surface area contributed by atoms with Crippen molar-refractivity contribution >= 4 is 11.8 Å². The molecule has 7 heteroatoms. The molecule has 1 aromatic heterocycles. The molecule has 0 fully saturated rings. The molecule has 0 aromatic carbocycles. The standard InChI is InChI=1S/C13H21F3N4/c1-3-7-18-12-19-9-10(2)11(20-12)17-8-5-4-6-13(14,15)16/h9H,3-8H2,1-2H3,(H2,17,18,19,20). The second-order valence-corrected chi connectivity index (χ2v) is 4.65. The Kier molecular flexibility index (Phi) is 6.54. The van der Waals surface area contributed by atoms with Gasteiger partial charge in [0.25, 0.3) is 0 Å². The van der Waals surface area contributed by atoms with E-state index in [1.54, 1.807) is 6.20 Å². The minimum absolute atomic E-state index is 0.127. The number of aryl methyl sites for hydroxylation is 1. The number of nitrogens with zero attached hydrogens (tertiary/aromatic N) is 2. The maximum Gasteiger partial charge on any atom is 0.389 e. The highest BCUT2D eigenvalue weighted by molar-refractivity contribution is 5.46. The number of rotatable bonds is 8. The van der Waals surface area contributed by atoms with E-state index in [4.69, 9.17) is 0 Å². The molecule has 114 valence electrons. The Bertz CT molecular complexity index is 407. The number of hydrogen-bond acceptors (Lipinski definition) is 4. The average molecular weight is 290 g/mol. The number of nitrogens with one attached hydrogen (secondary N) is 2. The summed E-state index contributed by atoms with van der Waals surface area (Å²) in [5, 5.41) is 6.13. The average Bonchev–Trinajstić information content (AvgIpc) is 2.37. The van der Waals surface area contributed by atoms with E-state index in [1.165, 1.54) is 0 Å². The topological polar surface area (TPSA) is 49.8 Å². The number of hydrogen-bond donors (Lipinski definition) is 2. The van der Waals surface area contributed by atoms with E-state index >= 15 is 0 Å². The van der Waals surface area contributed by atoms with Crippen LogP contribution in [-0.4, -0.2) is 29.2 Å². The summed E-state index contributed by atoms with van der Waals surface area (Å²) in [5.41, 5.74) is 0.878. The van der Waals surface area contributed by atoms with Crippen LogP contribution in [-0.2, 0) is 0 Å². The molecular formula is C13H21F3N4. The molecule has 0 saturated heterocycles. The van der Waals surface area contributed by atoms with E-state index in [-0.39, 0.29) is 6.42 Å². The summed E-state index contributed by atoms with van der Waals surface area (Å²) in [7, 11) is 0. The summed E-state index contributed by atoms with van der Waals surface area (Å²) < 4.78 is 36.0. The summed E-state index contributed by atoms with van der Waals surface area (Å²) in [5.74, 6) is 1.21. The van der Waals surface area contributed by atoms with E-state index in [2.05, 4.69) is 20.6 Å². The zero-order chi connectivity index (χ0) is 15.0. The lowest BCUT2D eigenvalue weighted by Crippen LogP contribution is -2.11. The van der Waals surface area contributed by atoms with Crippen molar-refractivity contribution in [2.45, 2.75) is 45.7 Å². The Morgan fingerprint density at radius 2 is 1.90 bits per heavy atom.